The van der Waals surface area contributed by atoms with E-state index in [2.05, 4.69) is 20.9 Å². The maximum absolute atomic E-state index is 8.26. The smallest absolute Gasteiger partial charge is 0.113 e. The second-order valence-corrected chi connectivity index (χ2v) is 3.23. The molecule has 1 rings (SSSR count). The molecule has 64 valence electrons. The minimum Gasteiger partial charge on any atom is -0.290 e. The molecule has 0 aliphatic rings. The summed E-state index contributed by atoms with van der Waals surface area (Å²) in [7, 11) is 0. The molecular formula is C8H9BrN2O. The largest absolute Gasteiger partial charge is 0.290 e. The first-order valence-electron chi connectivity index (χ1n) is 3.42. The van der Waals surface area contributed by atoms with Crippen molar-refractivity contribution in [3.05, 3.63) is 28.2 Å². The second-order valence-electron chi connectivity index (χ2n) is 2.32. The van der Waals surface area contributed by atoms with Gasteiger partial charge in [-0.25, -0.2) is 4.99 Å². The lowest BCUT2D eigenvalue weighted by Gasteiger charge is -1.99. The van der Waals surface area contributed by atoms with Gasteiger partial charge in [0.2, 0.25) is 0 Å². The minimum absolute atomic E-state index is 0.833. The molecule has 0 fully saturated rings. The Kier molecular flexibility index (Phi) is 3.25. The van der Waals surface area contributed by atoms with Gasteiger partial charge in [-0.05, 0) is 30.7 Å². The van der Waals surface area contributed by atoms with Crippen LogP contribution in [0.1, 0.15) is 5.56 Å². The monoisotopic (exact) mass is 228 g/mol. The zero-order valence-electron chi connectivity index (χ0n) is 6.58. The summed E-state index contributed by atoms with van der Waals surface area (Å²) in [6.07, 6.45) is 1.23. The molecule has 4 heteroatoms. The van der Waals surface area contributed by atoms with Gasteiger partial charge in [-0.15, -0.1) is 0 Å². The molecular weight excluding hydrogens is 220 g/mol. The lowest BCUT2D eigenvalue weighted by molar-refractivity contribution is 0.240. The van der Waals surface area contributed by atoms with Crippen LogP contribution >= 0.6 is 15.9 Å². The molecule has 0 aliphatic carbocycles. The van der Waals surface area contributed by atoms with E-state index in [0.717, 1.165) is 15.7 Å². The fourth-order valence-corrected chi connectivity index (χ4v) is 1.34. The van der Waals surface area contributed by atoms with Crippen molar-refractivity contribution in [3.8, 4) is 0 Å². The summed E-state index contributed by atoms with van der Waals surface area (Å²) in [6, 6.07) is 5.73. The van der Waals surface area contributed by atoms with Crippen molar-refractivity contribution < 1.29 is 5.21 Å². The van der Waals surface area contributed by atoms with Crippen LogP contribution in [0.15, 0.2) is 27.7 Å². The van der Waals surface area contributed by atoms with E-state index in [-0.39, 0.29) is 0 Å². The zero-order chi connectivity index (χ0) is 8.97. The lowest BCUT2D eigenvalue weighted by atomic mass is 10.2. The number of aryl methyl sites for hydroxylation is 1. The average molecular weight is 229 g/mol. The fourth-order valence-electron chi connectivity index (χ4n) is 0.862. The molecule has 0 saturated heterocycles. The molecule has 12 heavy (non-hydrogen) atoms. The Morgan fingerprint density at radius 3 is 2.92 bits per heavy atom. The number of hydrogen-bond donors (Lipinski definition) is 2. The van der Waals surface area contributed by atoms with Gasteiger partial charge in [0.15, 0.2) is 0 Å². The van der Waals surface area contributed by atoms with E-state index in [1.165, 1.54) is 6.34 Å². The Bertz CT molecular complexity index is 299. The van der Waals surface area contributed by atoms with Crippen molar-refractivity contribution >= 4 is 28.0 Å². The third-order valence-electron chi connectivity index (χ3n) is 1.42. The molecule has 1 aromatic rings. The number of rotatable bonds is 2. The summed E-state index contributed by atoms with van der Waals surface area (Å²) in [5.74, 6) is 0. The maximum Gasteiger partial charge on any atom is 0.113 e. The van der Waals surface area contributed by atoms with Crippen LogP contribution in [0, 0.1) is 6.92 Å². The fraction of sp³-hybridized carbons (Fsp3) is 0.125. The van der Waals surface area contributed by atoms with E-state index >= 15 is 0 Å². The van der Waals surface area contributed by atoms with Crippen molar-refractivity contribution in [1.29, 1.82) is 0 Å². The topological polar surface area (TPSA) is 44.6 Å². The van der Waals surface area contributed by atoms with Crippen molar-refractivity contribution in [2.75, 3.05) is 0 Å². The standard InChI is InChI=1S/C8H9BrN2O/c1-6-4-7(9)2-3-8(6)10-5-11-12/h2-5,12H,1H3,(H,10,11). The number of nitrogens with one attached hydrogen (secondary N) is 1. The van der Waals surface area contributed by atoms with Crippen molar-refractivity contribution in [2.24, 2.45) is 4.99 Å². The number of aliphatic imine (C=N–C) groups is 1. The molecule has 0 spiro atoms. The van der Waals surface area contributed by atoms with Crippen LogP contribution in [0.3, 0.4) is 0 Å². The molecule has 0 bridgehead atoms. The molecule has 3 nitrogen and oxygen atoms in total. The van der Waals surface area contributed by atoms with Crippen LogP contribution < -0.4 is 5.48 Å². The molecule has 1 aromatic carbocycles. The second kappa shape index (κ2) is 4.23. The van der Waals surface area contributed by atoms with E-state index in [0.29, 0.717) is 0 Å². The van der Waals surface area contributed by atoms with Gasteiger partial charge in [-0.3, -0.25) is 10.7 Å². The summed E-state index contributed by atoms with van der Waals surface area (Å²) >= 11 is 3.35. The number of halogens is 1. The number of hydroxylamine groups is 1. The van der Waals surface area contributed by atoms with E-state index < -0.39 is 0 Å². The van der Waals surface area contributed by atoms with Crippen LogP contribution in [-0.4, -0.2) is 11.5 Å². The Labute approximate surface area is 79.2 Å². The Balaban J connectivity index is 2.94. The molecule has 0 amide bonds. The first-order valence-corrected chi connectivity index (χ1v) is 4.21. The van der Waals surface area contributed by atoms with Crippen molar-refractivity contribution in [1.82, 2.24) is 5.48 Å². The quantitative estimate of drug-likeness (QED) is 0.464. The van der Waals surface area contributed by atoms with Crippen LogP contribution in [-0.2, 0) is 0 Å². The maximum atomic E-state index is 8.26. The third kappa shape index (κ3) is 2.32. The summed E-state index contributed by atoms with van der Waals surface area (Å²) in [6.45, 7) is 1.95. The summed E-state index contributed by atoms with van der Waals surface area (Å²) in [5, 5.41) is 8.26. The van der Waals surface area contributed by atoms with E-state index in [1.807, 2.05) is 30.6 Å². The highest BCUT2D eigenvalue weighted by atomic mass is 79.9. The van der Waals surface area contributed by atoms with E-state index in [4.69, 9.17) is 5.21 Å². The molecule has 0 aliphatic heterocycles. The summed E-state index contributed by atoms with van der Waals surface area (Å²) < 4.78 is 1.02. The van der Waals surface area contributed by atoms with Crippen molar-refractivity contribution in [3.63, 3.8) is 0 Å². The van der Waals surface area contributed by atoms with Crippen molar-refractivity contribution in [2.45, 2.75) is 6.92 Å². The van der Waals surface area contributed by atoms with Gasteiger partial charge in [0, 0.05) is 4.47 Å². The van der Waals surface area contributed by atoms with Crippen LogP contribution in [0.25, 0.3) is 0 Å². The molecule has 0 unspecified atom stereocenters. The van der Waals surface area contributed by atoms with E-state index in [9.17, 15) is 0 Å². The SMILES string of the molecule is Cc1cc(Br)ccc1N=CNO. The Hall–Kier alpha value is -0.870. The van der Waals surface area contributed by atoms with Gasteiger partial charge in [0.05, 0.1) is 5.69 Å². The number of hydrogen-bond acceptors (Lipinski definition) is 2. The summed E-state index contributed by atoms with van der Waals surface area (Å²) in [4.78, 5) is 3.96. The molecule has 0 atom stereocenters. The minimum atomic E-state index is 0.833. The lowest BCUT2D eigenvalue weighted by Crippen LogP contribution is -2.01. The van der Waals surface area contributed by atoms with Gasteiger partial charge in [-0.1, -0.05) is 15.9 Å². The Morgan fingerprint density at radius 2 is 2.33 bits per heavy atom. The highest BCUT2D eigenvalue weighted by Gasteiger charge is 1.94. The number of nitrogens with zero attached hydrogens (tertiary/aromatic N) is 1. The normalized spacial score (nSPS) is 10.6. The zero-order valence-corrected chi connectivity index (χ0v) is 8.17. The average Bonchev–Trinajstić information content (AvgIpc) is 2.03. The molecule has 0 radical (unpaired) electrons. The Morgan fingerprint density at radius 1 is 1.58 bits per heavy atom. The van der Waals surface area contributed by atoms with Gasteiger partial charge in [-0.2, -0.15) is 0 Å². The third-order valence-corrected chi connectivity index (χ3v) is 1.91. The van der Waals surface area contributed by atoms with Gasteiger partial charge < -0.3 is 0 Å². The summed E-state index contributed by atoms with van der Waals surface area (Å²) in [5.41, 5.74) is 3.74. The predicted octanol–water partition coefficient (Wildman–Crippen LogP) is 2.40. The van der Waals surface area contributed by atoms with Gasteiger partial charge >= 0.3 is 0 Å². The number of benzene rings is 1. The van der Waals surface area contributed by atoms with Crippen LogP contribution in [0.5, 0.6) is 0 Å². The van der Waals surface area contributed by atoms with Crippen LogP contribution in [0.2, 0.25) is 0 Å². The molecule has 0 saturated carbocycles. The van der Waals surface area contributed by atoms with Gasteiger partial charge in [0.25, 0.3) is 0 Å². The molecule has 0 aromatic heterocycles. The van der Waals surface area contributed by atoms with Crippen LogP contribution in [0.4, 0.5) is 5.69 Å². The van der Waals surface area contributed by atoms with Gasteiger partial charge in [0.1, 0.15) is 6.34 Å². The first kappa shape index (κ1) is 9.22. The van der Waals surface area contributed by atoms with E-state index in [1.54, 1.807) is 0 Å². The molecule has 0 heterocycles. The highest BCUT2D eigenvalue weighted by molar-refractivity contribution is 9.10. The molecule has 2 N–H and O–H groups in total. The highest BCUT2D eigenvalue weighted by Crippen LogP contribution is 2.21. The first-order chi connectivity index (χ1) is 5.74. The predicted molar refractivity (Wildman–Crippen MR) is 52.0 cm³/mol.